The summed E-state index contributed by atoms with van der Waals surface area (Å²) < 4.78 is 73.5. The number of para-hydroxylation sites is 1. The van der Waals surface area contributed by atoms with Gasteiger partial charge in [-0.3, -0.25) is 4.79 Å². The van der Waals surface area contributed by atoms with E-state index in [2.05, 4.69) is 0 Å². The Bertz CT molecular complexity index is 506. The number of amides is 1. The highest BCUT2D eigenvalue weighted by Crippen LogP contribution is 2.24. The topological polar surface area (TPSA) is 20.3 Å². The average Bonchev–Trinajstić information content (AvgIpc) is 2.41. The lowest BCUT2D eigenvalue weighted by Crippen LogP contribution is -2.41. The lowest BCUT2D eigenvalue weighted by Gasteiger charge is -2.23. The fourth-order valence-electron chi connectivity index (χ4n) is 1.65. The largest absolute Gasteiger partial charge is 0.471 e. The van der Waals surface area contributed by atoms with Crippen LogP contribution in [0.2, 0.25) is 0 Å². The molecule has 0 radical (unpaired) electrons. The number of hydrogen-bond donors (Lipinski definition) is 0. The van der Waals surface area contributed by atoms with Crippen LogP contribution in [0.15, 0.2) is 42.5 Å². The standard InChI is InChI=1S/C14H13F6NO/c15-13(16,17)9-5-2-6-10-21(12(22)14(18,19)20)11-7-3-1-4-8-11/h1-5,7-8H,6,9-10H2. The minimum Gasteiger partial charge on any atom is -0.304 e. The summed E-state index contributed by atoms with van der Waals surface area (Å²) in [6.45, 7) is -0.364. The van der Waals surface area contributed by atoms with Gasteiger partial charge in [0.15, 0.2) is 0 Å². The van der Waals surface area contributed by atoms with Gasteiger partial charge in [-0.05, 0) is 18.6 Å². The zero-order valence-corrected chi connectivity index (χ0v) is 11.3. The van der Waals surface area contributed by atoms with Gasteiger partial charge in [-0.25, -0.2) is 0 Å². The Morgan fingerprint density at radius 1 is 1.00 bits per heavy atom. The number of nitrogens with zero attached hydrogens (tertiary/aromatic N) is 1. The predicted octanol–water partition coefficient (Wildman–Crippen LogP) is 4.48. The van der Waals surface area contributed by atoms with Crippen LogP contribution in [0.25, 0.3) is 0 Å². The Morgan fingerprint density at radius 2 is 1.59 bits per heavy atom. The summed E-state index contributed by atoms with van der Waals surface area (Å²) in [5.41, 5.74) is 0.0362. The minimum absolute atomic E-state index is 0.0362. The van der Waals surface area contributed by atoms with Crippen molar-refractivity contribution in [3.05, 3.63) is 42.5 Å². The highest BCUT2D eigenvalue weighted by atomic mass is 19.4. The van der Waals surface area contributed by atoms with Crippen molar-refractivity contribution >= 4 is 11.6 Å². The third kappa shape index (κ3) is 6.19. The molecule has 0 N–H and O–H groups in total. The Kier molecular flexibility index (Phi) is 6.01. The molecule has 0 aliphatic rings. The van der Waals surface area contributed by atoms with Gasteiger partial charge >= 0.3 is 18.3 Å². The van der Waals surface area contributed by atoms with E-state index in [9.17, 15) is 31.1 Å². The Labute approximate surface area is 123 Å². The van der Waals surface area contributed by atoms with Gasteiger partial charge in [0, 0.05) is 12.2 Å². The zero-order valence-electron chi connectivity index (χ0n) is 11.3. The molecule has 0 aromatic heterocycles. The number of halogens is 6. The van der Waals surface area contributed by atoms with Crippen LogP contribution < -0.4 is 4.90 Å². The van der Waals surface area contributed by atoms with Gasteiger partial charge in [0.05, 0.1) is 6.42 Å². The summed E-state index contributed by atoms with van der Waals surface area (Å²) in [5.74, 6) is -2.05. The van der Waals surface area contributed by atoms with Crippen molar-refractivity contribution in [2.24, 2.45) is 0 Å². The maximum atomic E-state index is 12.6. The van der Waals surface area contributed by atoms with Crippen LogP contribution in [-0.4, -0.2) is 24.8 Å². The SMILES string of the molecule is O=C(N(CCC=CCC(F)(F)F)c1ccccc1)C(F)(F)F. The van der Waals surface area contributed by atoms with Crippen LogP contribution in [0.3, 0.4) is 0 Å². The third-order valence-electron chi connectivity index (χ3n) is 2.59. The summed E-state index contributed by atoms with van der Waals surface area (Å²) in [6.07, 6.45) is -8.77. The van der Waals surface area contributed by atoms with E-state index in [1.807, 2.05) is 0 Å². The lowest BCUT2D eigenvalue weighted by atomic mass is 10.2. The average molecular weight is 325 g/mol. The molecule has 0 heterocycles. The monoisotopic (exact) mass is 325 g/mol. The van der Waals surface area contributed by atoms with Crippen molar-refractivity contribution in [3.63, 3.8) is 0 Å². The first-order chi connectivity index (χ1) is 10.1. The van der Waals surface area contributed by atoms with Crippen molar-refractivity contribution < 1.29 is 31.1 Å². The molecule has 22 heavy (non-hydrogen) atoms. The molecule has 1 amide bonds. The third-order valence-corrected chi connectivity index (χ3v) is 2.59. The molecular formula is C14H13F6NO. The molecule has 1 aromatic carbocycles. The van der Waals surface area contributed by atoms with Gasteiger partial charge in [-0.2, -0.15) is 26.3 Å². The maximum absolute atomic E-state index is 12.6. The van der Waals surface area contributed by atoms with Crippen molar-refractivity contribution in [3.8, 4) is 0 Å². The van der Waals surface area contributed by atoms with Gasteiger partial charge in [0.2, 0.25) is 0 Å². The van der Waals surface area contributed by atoms with Crippen LogP contribution in [0, 0.1) is 0 Å². The molecule has 0 fully saturated rings. The van der Waals surface area contributed by atoms with Crippen LogP contribution in [0.5, 0.6) is 0 Å². The molecule has 0 atom stereocenters. The first kappa shape index (κ1) is 18.1. The number of alkyl halides is 6. The second-order valence-corrected chi connectivity index (χ2v) is 4.37. The lowest BCUT2D eigenvalue weighted by molar-refractivity contribution is -0.170. The highest BCUT2D eigenvalue weighted by Gasteiger charge is 2.42. The summed E-state index contributed by atoms with van der Waals surface area (Å²) in [4.78, 5) is 11.9. The number of allylic oxidation sites excluding steroid dienone is 1. The van der Waals surface area contributed by atoms with E-state index >= 15 is 0 Å². The molecule has 0 bridgehead atoms. The number of benzene rings is 1. The molecule has 8 heteroatoms. The number of rotatable bonds is 5. The fourth-order valence-corrected chi connectivity index (χ4v) is 1.65. The normalized spacial score (nSPS) is 12.6. The summed E-state index contributed by atoms with van der Waals surface area (Å²) in [7, 11) is 0. The zero-order chi connectivity index (χ0) is 16.8. The minimum atomic E-state index is -5.05. The smallest absolute Gasteiger partial charge is 0.304 e. The van der Waals surface area contributed by atoms with Crippen LogP contribution >= 0.6 is 0 Å². The Morgan fingerprint density at radius 3 is 2.09 bits per heavy atom. The number of hydrogen-bond acceptors (Lipinski definition) is 1. The Balaban J connectivity index is 2.74. The predicted molar refractivity (Wildman–Crippen MR) is 69.3 cm³/mol. The van der Waals surface area contributed by atoms with Gasteiger partial charge in [0.1, 0.15) is 0 Å². The van der Waals surface area contributed by atoms with Crippen molar-refractivity contribution in [1.29, 1.82) is 0 Å². The summed E-state index contributed by atoms with van der Waals surface area (Å²) in [6, 6.07) is 7.14. The van der Waals surface area contributed by atoms with Gasteiger partial charge in [-0.1, -0.05) is 30.4 Å². The van der Waals surface area contributed by atoms with Crippen molar-refractivity contribution in [1.82, 2.24) is 0 Å². The molecule has 0 unspecified atom stereocenters. The second-order valence-electron chi connectivity index (χ2n) is 4.37. The number of carbonyl (C=O) groups excluding carboxylic acids is 1. The van der Waals surface area contributed by atoms with E-state index in [0.29, 0.717) is 4.90 Å². The van der Waals surface area contributed by atoms with Crippen LogP contribution in [-0.2, 0) is 4.79 Å². The Hall–Kier alpha value is -1.99. The molecular weight excluding hydrogens is 312 g/mol. The molecule has 0 saturated heterocycles. The van der Waals surface area contributed by atoms with Gasteiger partial charge in [-0.15, -0.1) is 0 Å². The molecule has 0 spiro atoms. The van der Waals surface area contributed by atoms with Crippen molar-refractivity contribution in [2.75, 3.05) is 11.4 Å². The molecule has 2 nitrogen and oxygen atoms in total. The number of carbonyl (C=O) groups is 1. The molecule has 1 aromatic rings. The van der Waals surface area contributed by atoms with E-state index < -0.39 is 24.7 Å². The molecule has 0 aliphatic heterocycles. The van der Waals surface area contributed by atoms with Crippen LogP contribution in [0.1, 0.15) is 12.8 Å². The van der Waals surface area contributed by atoms with Gasteiger partial charge in [0.25, 0.3) is 0 Å². The highest BCUT2D eigenvalue weighted by molar-refractivity contribution is 5.97. The summed E-state index contributed by atoms with van der Waals surface area (Å²) in [5, 5.41) is 0. The molecule has 0 aliphatic carbocycles. The fraction of sp³-hybridized carbons (Fsp3) is 0.357. The molecule has 0 saturated carbocycles. The van der Waals surface area contributed by atoms with Crippen molar-refractivity contribution in [2.45, 2.75) is 25.2 Å². The summed E-state index contributed by atoms with van der Waals surface area (Å²) >= 11 is 0. The first-order valence-electron chi connectivity index (χ1n) is 6.27. The van der Waals surface area contributed by atoms with E-state index in [1.165, 1.54) is 24.3 Å². The quantitative estimate of drug-likeness (QED) is 0.577. The molecule has 122 valence electrons. The van der Waals surface area contributed by atoms with E-state index in [0.717, 1.165) is 12.2 Å². The van der Waals surface area contributed by atoms with Crippen LogP contribution in [0.4, 0.5) is 32.0 Å². The van der Waals surface area contributed by atoms with Gasteiger partial charge < -0.3 is 4.90 Å². The first-order valence-corrected chi connectivity index (χ1v) is 6.27. The van der Waals surface area contributed by atoms with E-state index in [-0.39, 0.29) is 18.7 Å². The van der Waals surface area contributed by atoms with E-state index in [1.54, 1.807) is 6.07 Å². The second kappa shape index (κ2) is 7.33. The van der Waals surface area contributed by atoms with E-state index in [4.69, 9.17) is 0 Å². The number of anilines is 1. The molecule has 1 rings (SSSR count). The maximum Gasteiger partial charge on any atom is 0.471 e.